The Balaban J connectivity index is 2.17. The molecule has 0 spiro atoms. The second kappa shape index (κ2) is 11.0. The van der Waals surface area contributed by atoms with Crippen molar-refractivity contribution in [1.82, 2.24) is 10.2 Å². The lowest BCUT2D eigenvalue weighted by molar-refractivity contribution is -0.142. The molecule has 2 aromatic carbocycles. The predicted octanol–water partition coefficient (Wildman–Crippen LogP) is 4.67. The Morgan fingerprint density at radius 2 is 1.77 bits per heavy atom. The van der Waals surface area contributed by atoms with Crippen molar-refractivity contribution < 1.29 is 14.3 Å². The first kappa shape index (κ1) is 23.7. The maximum atomic E-state index is 13.1. The van der Waals surface area contributed by atoms with Gasteiger partial charge in [0.05, 0.1) is 0 Å². The normalized spacial score (nSPS) is 12.7. The molecule has 0 radical (unpaired) electrons. The molecular formula is C24H31ClN2O3. The highest BCUT2D eigenvalue weighted by molar-refractivity contribution is 6.30. The number of carbonyl (C=O) groups is 2. The van der Waals surface area contributed by atoms with E-state index in [0.717, 1.165) is 23.1 Å². The molecule has 2 rings (SSSR count). The number of hydrogen-bond acceptors (Lipinski definition) is 3. The monoisotopic (exact) mass is 430 g/mol. The maximum absolute atomic E-state index is 13.1. The molecule has 0 saturated carbocycles. The number of carbonyl (C=O) groups excluding carboxylic acids is 2. The van der Waals surface area contributed by atoms with Gasteiger partial charge in [-0.1, -0.05) is 36.7 Å². The summed E-state index contributed by atoms with van der Waals surface area (Å²) in [4.78, 5) is 27.3. The van der Waals surface area contributed by atoms with Crippen molar-refractivity contribution in [3.8, 4) is 5.75 Å². The van der Waals surface area contributed by atoms with Crippen LogP contribution in [-0.2, 0) is 16.1 Å². The van der Waals surface area contributed by atoms with Crippen molar-refractivity contribution in [2.24, 2.45) is 0 Å². The molecule has 162 valence electrons. The Morgan fingerprint density at radius 1 is 1.10 bits per heavy atom. The zero-order valence-corrected chi connectivity index (χ0v) is 19.1. The standard InChI is InChI=1S/C24H31ClN2O3/c1-6-18(4)26-24(29)19(5)27(14-20-8-7-9-21(25)13-20)23(28)15-30-22-11-16(2)10-17(3)12-22/h7-13,18-19H,6,14-15H2,1-5H3,(H,26,29)/t18-,19-/m0/s1. The number of rotatable bonds is 9. The van der Waals surface area contributed by atoms with Gasteiger partial charge in [0.25, 0.3) is 5.91 Å². The molecule has 0 saturated heterocycles. The van der Waals surface area contributed by atoms with Crippen LogP contribution in [0.1, 0.15) is 43.9 Å². The van der Waals surface area contributed by atoms with Crippen LogP contribution in [-0.4, -0.2) is 35.4 Å². The molecule has 0 heterocycles. The summed E-state index contributed by atoms with van der Waals surface area (Å²) >= 11 is 6.10. The summed E-state index contributed by atoms with van der Waals surface area (Å²) in [5.41, 5.74) is 2.98. The van der Waals surface area contributed by atoms with Gasteiger partial charge in [0, 0.05) is 17.6 Å². The first-order valence-corrected chi connectivity index (χ1v) is 10.6. The van der Waals surface area contributed by atoms with Crippen molar-refractivity contribution in [1.29, 1.82) is 0 Å². The smallest absolute Gasteiger partial charge is 0.261 e. The van der Waals surface area contributed by atoms with E-state index in [1.807, 2.05) is 58.0 Å². The van der Waals surface area contributed by atoms with Crippen LogP contribution < -0.4 is 10.1 Å². The van der Waals surface area contributed by atoms with Crippen LogP contribution in [0.25, 0.3) is 0 Å². The van der Waals surface area contributed by atoms with Crippen LogP contribution in [0, 0.1) is 13.8 Å². The summed E-state index contributed by atoms with van der Waals surface area (Å²) in [6.07, 6.45) is 0.816. The molecule has 2 aromatic rings. The summed E-state index contributed by atoms with van der Waals surface area (Å²) in [5, 5.41) is 3.54. The third-order valence-electron chi connectivity index (χ3n) is 4.97. The highest BCUT2D eigenvalue weighted by Gasteiger charge is 2.27. The highest BCUT2D eigenvalue weighted by atomic mass is 35.5. The zero-order valence-electron chi connectivity index (χ0n) is 18.4. The van der Waals surface area contributed by atoms with Crippen molar-refractivity contribution in [2.75, 3.05) is 6.61 Å². The average molecular weight is 431 g/mol. The fourth-order valence-corrected chi connectivity index (χ4v) is 3.34. The molecule has 1 N–H and O–H groups in total. The third kappa shape index (κ3) is 7.06. The number of amides is 2. The molecule has 0 aliphatic carbocycles. The minimum Gasteiger partial charge on any atom is -0.484 e. The van der Waals surface area contributed by atoms with Crippen molar-refractivity contribution >= 4 is 23.4 Å². The summed E-state index contributed by atoms with van der Waals surface area (Å²) in [5.74, 6) is 0.187. The Bertz CT molecular complexity index is 864. The van der Waals surface area contributed by atoms with Crippen LogP contribution >= 0.6 is 11.6 Å². The van der Waals surface area contributed by atoms with Gasteiger partial charge >= 0.3 is 0 Å². The summed E-state index contributed by atoms with van der Waals surface area (Å²) in [7, 11) is 0. The Labute approximate surface area is 184 Å². The quantitative estimate of drug-likeness (QED) is 0.629. The molecule has 0 unspecified atom stereocenters. The van der Waals surface area contributed by atoms with E-state index in [4.69, 9.17) is 16.3 Å². The fraction of sp³-hybridized carbons (Fsp3) is 0.417. The molecule has 0 bridgehead atoms. The van der Waals surface area contributed by atoms with E-state index in [2.05, 4.69) is 5.32 Å². The number of aryl methyl sites for hydroxylation is 2. The lowest BCUT2D eigenvalue weighted by Crippen LogP contribution is -2.50. The van der Waals surface area contributed by atoms with Gasteiger partial charge in [-0.3, -0.25) is 9.59 Å². The van der Waals surface area contributed by atoms with Gasteiger partial charge in [0.2, 0.25) is 5.91 Å². The number of nitrogens with one attached hydrogen (secondary N) is 1. The SMILES string of the molecule is CC[C@H](C)NC(=O)[C@H](C)N(Cc1cccc(Cl)c1)C(=O)COc1cc(C)cc(C)c1. The molecule has 30 heavy (non-hydrogen) atoms. The van der Waals surface area contributed by atoms with Crippen LogP contribution in [0.5, 0.6) is 5.75 Å². The van der Waals surface area contributed by atoms with Gasteiger partial charge in [-0.25, -0.2) is 0 Å². The van der Waals surface area contributed by atoms with Gasteiger partial charge in [-0.15, -0.1) is 0 Å². The minimum absolute atomic E-state index is 0.0367. The van der Waals surface area contributed by atoms with Gasteiger partial charge in [0.15, 0.2) is 6.61 Å². The Morgan fingerprint density at radius 3 is 2.37 bits per heavy atom. The van der Waals surface area contributed by atoms with Crippen LogP contribution in [0.2, 0.25) is 5.02 Å². The van der Waals surface area contributed by atoms with E-state index < -0.39 is 6.04 Å². The van der Waals surface area contributed by atoms with Crippen LogP contribution in [0.3, 0.4) is 0 Å². The molecule has 2 atom stereocenters. The van der Waals surface area contributed by atoms with E-state index in [9.17, 15) is 9.59 Å². The maximum Gasteiger partial charge on any atom is 0.261 e. The molecule has 0 aliphatic rings. The number of benzene rings is 2. The molecule has 6 heteroatoms. The van der Waals surface area contributed by atoms with E-state index in [-0.39, 0.29) is 31.0 Å². The highest BCUT2D eigenvalue weighted by Crippen LogP contribution is 2.18. The van der Waals surface area contributed by atoms with Gasteiger partial charge in [0.1, 0.15) is 11.8 Å². The van der Waals surface area contributed by atoms with Crippen molar-refractivity contribution in [2.45, 2.75) is 59.7 Å². The average Bonchev–Trinajstić information content (AvgIpc) is 2.69. The first-order valence-electron chi connectivity index (χ1n) is 10.2. The topological polar surface area (TPSA) is 58.6 Å². The summed E-state index contributed by atoms with van der Waals surface area (Å²) < 4.78 is 5.76. The molecular weight excluding hydrogens is 400 g/mol. The number of halogens is 1. The van der Waals surface area contributed by atoms with Gasteiger partial charge in [-0.05, 0) is 75.1 Å². The van der Waals surface area contributed by atoms with E-state index in [1.54, 1.807) is 19.1 Å². The predicted molar refractivity (Wildman–Crippen MR) is 121 cm³/mol. The largest absolute Gasteiger partial charge is 0.484 e. The van der Waals surface area contributed by atoms with Crippen LogP contribution in [0.15, 0.2) is 42.5 Å². The van der Waals surface area contributed by atoms with E-state index >= 15 is 0 Å². The minimum atomic E-state index is -0.645. The lowest BCUT2D eigenvalue weighted by atomic mass is 10.1. The molecule has 0 fully saturated rings. The molecule has 0 aliphatic heterocycles. The van der Waals surface area contributed by atoms with Gasteiger partial charge < -0.3 is 15.0 Å². The lowest BCUT2D eigenvalue weighted by Gasteiger charge is -2.29. The van der Waals surface area contributed by atoms with Crippen molar-refractivity contribution in [3.63, 3.8) is 0 Å². The zero-order chi connectivity index (χ0) is 22.3. The summed E-state index contributed by atoms with van der Waals surface area (Å²) in [6, 6.07) is 12.5. The number of ether oxygens (including phenoxy) is 1. The number of nitrogens with zero attached hydrogens (tertiary/aromatic N) is 1. The second-order valence-corrected chi connectivity index (χ2v) is 8.19. The Kier molecular flexibility index (Phi) is 8.72. The molecule has 0 aromatic heterocycles. The van der Waals surface area contributed by atoms with Crippen molar-refractivity contribution in [3.05, 3.63) is 64.2 Å². The fourth-order valence-electron chi connectivity index (χ4n) is 3.12. The van der Waals surface area contributed by atoms with Gasteiger partial charge in [-0.2, -0.15) is 0 Å². The first-order chi connectivity index (χ1) is 14.2. The third-order valence-corrected chi connectivity index (χ3v) is 5.20. The number of hydrogen-bond donors (Lipinski definition) is 1. The van der Waals surface area contributed by atoms with E-state index in [0.29, 0.717) is 10.8 Å². The van der Waals surface area contributed by atoms with E-state index in [1.165, 1.54) is 4.90 Å². The molecule has 5 nitrogen and oxygen atoms in total. The summed E-state index contributed by atoms with van der Waals surface area (Å²) in [6.45, 7) is 9.76. The van der Waals surface area contributed by atoms with Crippen LogP contribution in [0.4, 0.5) is 0 Å². The molecule has 2 amide bonds. The Hall–Kier alpha value is -2.53. The second-order valence-electron chi connectivity index (χ2n) is 7.76.